The summed E-state index contributed by atoms with van der Waals surface area (Å²) >= 11 is 0. The second kappa shape index (κ2) is 11.0. The van der Waals surface area contributed by atoms with Crippen LogP contribution in [0.5, 0.6) is 0 Å². The molecule has 3 unspecified atom stereocenters. The van der Waals surface area contributed by atoms with Crippen LogP contribution in [0.2, 0.25) is 0 Å². The molecule has 3 rings (SSSR count). The first kappa shape index (κ1) is 22.1. The van der Waals surface area contributed by atoms with Crippen molar-refractivity contribution in [2.45, 2.75) is 71.6 Å². The summed E-state index contributed by atoms with van der Waals surface area (Å²) in [4.78, 5) is 10.2. The van der Waals surface area contributed by atoms with E-state index < -0.39 is 0 Å². The van der Waals surface area contributed by atoms with E-state index in [1.165, 1.54) is 37.9 Å². The number of nitrogens with zero attached hydrogens (tertiary/aromatic N) is 3. The van der Waals surface area contributed by atoms with Gasteiger partial charge in [-0.15, -0.1) is 0 Å². The second-order valence-electron chi connectivity index (χ2n) is 9.16. The normalized spacial score (nSPS) is 26.8. The molecule has 2 N–H and O–H groups in total. The molecule has 2 saturated heterocycles. The first-order valence-corrected chi connectivity index (χ1v) is 11.6. The molecular weight excluding hydrogens is 358 g/mol. The molecule has 2 aliphatic heterocycles. The Morgan fingerprint density at radius 3 is 2.72 bits per heavy atom. The number of piperidine rings is 1. The molecule has 1 aromatic carbocycles. The smallest absolute Gasteiger partial charge is 0.191 e. The molecule has 162 valence electrons. The van der Waals surface area contributed by atoms with Crippen LogP contribution in [-0.2, 0) is 6.54 Å². The van der Waals surface area contributed by atoms with E-state index in [9.17, 15) is 0 Å². The molecule has 0 aromatic heterocycles. The molecular formula is C24H41N5. The number of rotatable bonds is 7. The van der Waals surface area contributed by atoms with Gasteiger partial charge >= 0.3 is 0 Å². The highest BCUT2D eigenvalue weighted by atomic mass is 15.3. The third kappa shape index (κ3) is 6.71. The van der Waals surface area contributed by atoms with Gasteiger partial charge < -0.3 is 15.5 Å². The fourth-order valence-electron chi connectivity index (χ4n) is 4.69. The second-order valence-corrected chi connectivity index (χ2v) is 9.16. The van der Waals surface area contributed by atoms with E-state index in [2.05, 4.69) is 78.5 Å². The largest absolute Gasteiger partial charge is 0.357 e. The first-order valence-electron chi connectivity index (χ1n) is 11.6. The summed E-state index contributed by atoms with van der Waals surface area (Å²) in [5, 5.41) is 7.19. The molecule has 0 radical (unpaired) electrons. The van der Waals surface area contributed by atoms with Gasteiger partial charge in [-0.3, -0.25) is 9.89 Å². The molecule has 5 nitrogen and oxygen atoms in total. The topological polar surface area (TPSA) is 42.9 Å². The fraction of sp³-hybridized carbons (Fsp3) is 0.708. The van der Waals surface area contributed by atoms with Gasteiger partial charge in [-0.05, 0) is 65.0 Å². The van der Waals surface area contributed by atoms with Crippen molar-refractivity contribution in [1.29, 1.82) is 0 Å². The Morgan fingerprint density at radius 2 is 2.00 bits per heavy atom. The van der Waals surface area contributed by atoms with Gasteiger partial charge in [-0.1, -0.05) is 30.3 Å². The zero-order valence-corrected chi connectivity index (χ0v) is 18.9. The van der Waals surface area contributed by atoms with Gasteiger partial charge in [-0.25, -0.2) is 0 Å². The Labute approximate surface area is 178 Å². The average Bonchev–Trinajstić information content (AvgIpc) is 3.06. The van der Waals surface area contributed by atoms with Crippen molar-refractivity contribution in [2.75, 3.05) is 32.7 Å². The van der Waals surface area contributed by atoms with Crippen molar-refractivity contribution >= 4 is 5.96 Å². The maximum atomic E-state index is 4.98. The van der Waals surface area contributed by atoms with Gasteiger partial charge in [0.1, 0.15) is 0 Å². The maximum Gasteiger partial charge on any atom is 0.191 e. The highest BCUT2D eigenvalue weighted by Crippen LogP contribution is 2.21. The van der Waals surface area contributed by atoms with Crippen LogP contribution in [0.25, 0.3) is 0 Å². The molecule has 2 heterocycles. The van der Waals surface area contributed by atoms with Crippen molar-refractivity contribution in [3.8, 4) is 0 Å². The third-order valence-electron chi connectivity index (χ3n) is 6.41. The highest BCUT2D eigenvalue weighted by molar-refractivity contribution is 5.80. The Bertz CT molecular complexity index is 629. The Kier molecular flexibility index (Phi) is 8.37. The van der Waals surface area contributed by atoms with E-state index in [4.69, 9.17) is 4.99 Å². The molecule has 0 saturated carbocycles. The van der Waals surface area contributed by atoms with Gasteiger partial charge in [0.05, 0.1) is 0 Å². The first-order chi connectivity index (χ1) is 14.0. The summed E-state index contributed by atoms with van der Waals surface area (Å²) in [6.45, 7) is 15.5. The van der Waals surface area contributed by atoms with Crippen LogP contribution in [0.4, 0.5) is 0 Å². The molecule has 29 heavy (non-hydrogen) atoms. The summed E-state index contributed by atoms with van der Waals surface area (Å²) < 4.78 is 0. The Balaban J connectivity index is 1.52. The fourth-order valence-corrected chi connectivity index (χ4v) is 4.69. The van der Waals surface area contributed by atoms with Gasteiger partial charge in [0.2, 0.25) is 0 Å². The minimum Gasteiger partial charge on any atom is -0.357 e. The summed E-state index contributed by atoms with van der Waals surface area (Å²) in [6.07, 6.45) is 3.77. The van der Waals surface area contributed by atoms with Crippen LogP contribution in [0, 0.1) is 5.92 Å². The summed E-state index contributed by atoms with van der Waals surface area (Å²) in [7, 11) is 0. The summed E-state index contributed by atoms with van der Waals surface area (Å²) in [5.74, 6) is 1.67. The van der Waals surface area contributed by atoms with Crippen molar-refractivity contribution < 1.29 is 0 Å². The number of guanidine groups is 1. The monoisotopic (exact) mass is 399 g/mol. The minimum absolute atomic E-state index is 0.463. The van der Waals surface area contributed by atoms with E-state index in [1.54, 1.807) is 0 Å². The van der Waals surface area contributed by atoms with Gasteiger partial charge in [-0.2, -0.15) is 0 Å². The molecule has 0 aliphatic carbocycles. The van der Waals surface area contributed by atoms with Crippen molar-refractivity contribution in [1.82, 2.24) is 20.4 Å². The SMILES string of the molecule is CCNC(=NCC1CCCN(C(C)C)C1)NC1CC(C)N(Cc2ccccc2)C1. The highest BCUT2D eigenvalue weighted by Gasteiger charge is 2.29. The number of hydrogen-bond donors (Lipinski definition) is 2. The standard InChI is InChI=1S/C24H41N5/c1-5-25-24(26-15-22-12-9-13-28(17-22)19(2)3)27-23-14-20(4)29(18-23)16-21-10-7-6-8-11-21/h6-8,10-11,19-20,22-23H,5,9,12-18H2,1-4H3,(H2,25,26,27). The lowest BCUT2D eigenvalue weighted by molar-refractivity contribution is 0.143. The minimum atomic E-state index is 0.463. The molecule has 1 aromatic rings. The van der Waals surface area contributed by atoms with Gasteiger partial charge in [0, 0.05) is 50.8 Å². The zero-order chi connectivity index (χ0) is 20.6. The number of benzene rings is 1. The van der Waals surface area contributed by atoms with Crippen LogP contribution < -0.4 is 10.6 Å². The quantitative estimate of drug-likeness (QED) is 0.545. The lowest BCUT2D eigenvalue weighted by Crippen LogP contribution is -2.45. The lowest BCUT2D eigenvalue weighted by Gasteiger charge is -2.35. The maximum absolute atomic E-state index is 4.98. The molecule has 0 bridgehead atoms. The molecule has 2 aliphatic rings. The third-order valence-corrected chi connectivity index (χ3v) is 6.41. The van der Waals surface area contributed by atoms with Crippen LogP contribution in [-0.4, -0.2) is 66.6 Å². The molecule has 0 spiro atoms. The van der Waals surface area contributed by atoms with Crippen LogP contribution >= 0.6 is 0 Å². The van der Waals surface area contributed by atoms with Crippen molar-refractivity contribution in [2.24, 2.45) is 10.9 Å². The van der Waals surface area contributed by atoms with E-state index in [0.29, 0.717) is 24.0 Å². The molecule has 5 heteroatoms. The Hall–Kier alpha value is -1.59. The van der Waals surface area contributed by atoms with Crippen molar-refractivity contribution in [3.63, 3.8) is 0 Å². The molecule has 3 atom stereocenters. The average molecular weight is 400 g/mol. The predicted molar refractivity (Wildman–Crippen MR) is 123 cm³/mol. The summed E-state index contributed by atoms with van der Waals surface area (Å²) in [6, 6.07) is 12.5. The van der Waals surface area contributed by atoms with E-state index in [0.717, 1.165) is 32.1 Å². The number of aliphatic imine (C=N–C) groups is 1. The number of nitrogens with one attached hydrogen (secondary N) is 2. The molecule has 0 amide bonds. The lowest BCUT2D eigenvalue weighted by atomic mass is 9.97. The van der Waals surface area contributed by atoms with E-state index >= 15 is 0 Å². The van der Waals surface area contributed by atoms with Gasteiger partial charge in [0.25, 0.3) is 0 Å². The summed E-state index contributed by atoms with van der Waals surface area (Å²) in [5.41, 5.74) is 1.40. The zero-order valence-electron chi connectivity index (χ0n) is 18.9. The number of likely N-dealkylation sites (tertiary alicyclic amines) is 2. The van der Waals surface area contributed by atoms with Crippen LogP contribution in [0.15, 0.2) is 35.3 Å². The van der Waals surface area contributed by atoms with Gasteiger partial charge in [0.15, 0.2) is 5.96 Å². The predicted octanol–water partition coefficient (Wildman–Crippen LogP) is 3.32. The van der Waals surface area contributed by atoms with Crippen molar-refractivity contribution in [3.05, 3.63) is 35.9 Å². The Morgan fingerprint density at radius 1 is 1.21 bits per heavy atom. The van der Waals surface area contributed by atoms with E-state index in [-0.39, 0.29) is 0 Å². The number of hydrogen-bond acceptors (Lipinski definition) is 3. The van der Waals surface area contributed by atoms with E-state index in [1.807, 2.05) is 0 Å². The van der Waals surface area contributed by atoms with Crippen LogP contribution in [0.3, 0.4) is 0 Å². The molecule has 2 fully saturated rings. The van der Waals surface area contributed by atoms with Crippen LogP contribution in [0.1, 0.15) is 52.5 Å².